The van der Waals surface area contributed by atoms with E-state index in [4.69, 9.17) is 5.26 Å². The van der Waals surface area contributed by atoms with Crippen molar-refractivity contribution in [3.8, 4) is 6.07 Å². The summed E-state index contributed by atoms with van der Waals surface area (Å²) in [5, 5.41) is 25.4. The second-order valence-electron chi connectivity index (χ2n) is 5.17. The van der Waals surface area contributed by atoms with Crippen LogP contribution in [0.4, 0.5) is 17.6 Å². The smallest absolute Gasteiger partial charge is 0.342 e. The third-order valence-electron chi connectivity index (χ3n) is 3.34. The van der Waals surface area contributed by atoms with Gasteiger partial charge in [0.2, 0.25) is 5.91 Å². The molecule has 138 valence electrons. The van der Waals surface area contributed by atoms with Gasteiger partial charge >= 0.3 is 6.18 Å². The summed E-state index contributed by atoms with van der Waals surface area (Å²) in [6.07, 6.45) is -5.04. The number of H-pyrrole nitrogens is 1. The maximum Gasteiger partial charge on any atom is 0.407 e. The number of halogens is 4. The molecule has 0 saturated heterocycles. The zero-order valence-electron chi connectivity index (χ0n) is 13.1. The molecule has 2 rings (SSSR count). The molecule has 1 aromatic carbocycles. The largest absolute Gasteiger partial charge is 0.407 e. The van der Waals surface area contributed by atoms with Crippen LogP contribution in [0.25, 0.3) is 0 Å². The molecular weight excluding hydrogens is 358 g/mol. The van der Waals surface area contributed by atoms with Gasteiger partial charge in [-0.15, -0.1) is 5.10 Å². The van der Waals surface area contributed by atoms with Gasteiger partial charge in [0.15, 0.2) is 5.82 Å². The summed E-state index contributed by atoms with van der Waals surface area (Å²) in [6.45, 7) is -0.376. The van der Waals surface area contributed by atoms with E-state index in [-0.39, 0.29) is 24.4 Å². The molecule has 1 aromatic heterocycles. The second kappa shape index (κ2) is 8.34. The molecule has 0 aliphatic rings. The van der Waals surface area contributed by atoms with Crippen LogP contribution in [0, 0.1) is 17.1 Å². The monoisotopic (exact) mass is 371 g/mol. The van der Waals surface area contributed by atoms with E-state index in [1.165, 1.54) is 0 Å². The highest BCUT2D eigenvalue weighted by molar-refractivity contribution is 5.82. The highest BCUT2D eigenvalue weighted by Crippen LogP contribution is 2.33. The molecule has 3 N–H and O–H groups in total. The first-order valence-electron chi connectivity index (χ1n) is 7.26. The van der Waals surface area contributed by atoms with Gasteiger partial charge in [0, 0.05) is 6.42 Å². The lowest BCUT2D eigenvalue weighted by molar-refractivity contribution is -0.160. The van der Waals surface area contributed by atoms with Gasteiger partial charge in [-0.25, -0.2) is 9.49 Å². The Kier molecular flexibility index (Phi) is 6.18. The Morgan fingerprint density at radius 1 is 1.31 bits per heavy atom. The summed E-state index contributed by atoms with van der Waals surface area (Å²) in [6, 6.07) is 1.75. The number of nitriles is 1. The minimum Gasteiger partial charge on any atom is -0.342 e. The summed E-state index contributed by atoms with van der Waals surface area (Å²) < 4.78 is 53.4. The number of amides is 1. The van der Waals surface area contributed by atoms with Crippen molar-refractivity contribution in [3.63, 3.8) is 0 Å². The van der Waals surface area contributed by atoms with Gasteiger partial charge < -0.3 is 5.32 Å². The van der Waals surface area contributed by atoms with E-state index in [1.807, 2.05) is 0 Å². The van der Waals surface area contributed by atoms with Crippen molar-refractivity contribution in [2.24, 2.45) is 0 Å². The predicted octanol–water partition coefficient (Wildman–Crippen LogP) is 0.783. The van der Waals surface area contributed by atoms with E-state index in [0.717, 1.165) is 24.3 Å². The average Bonchev–Trinajstić information content (AvgIpc) is 3.09. The van der Waals surface area contributed by atoms with Crippen molar-refractivity contribution in [2.75, 3.05) is 6.54 Å². The van der Waals surface area contributed by atoms with E-state index < -0.39 is 30.0 Å². The maximum absolute atomic E-state index is 13.5. The number of hydrogen-bond donors (Lipinski definition) is 3. The number of carbonyl (C=O) groups is 1. The fourth-order valence-corrected chi connectivity index (χ4v) is 2.17. The van der Waals surface area contributed by atoms with Crippen LogP contribution in [0.2, 0.25) is 0 Å². The van der Waals surface area contributed by atoms with Crippen molar-refractivity contribution in [3.05, 3.63) is 41.5 Å². The average molecular weight is 371 g/mol. The fraction of sp³-hybridized carbons (Fsp3) is 0.357. The van der Waals surface area contributed by atoms with E-state index in [2.05, 4.69) is 31.3 Å². The van der Waals surface area contributed by atoms with Gasteiger partial charge in [0.25, 0.3) is 0 Å². The lowest BCUT2D eigenvalue weighted by Crippen LogP contribution is -2.50. The first kappa shape index (κ1) is 19.3. The normalized spacial score (nSPS) is 13.7. The standard InChI is InChI=1S/C14H13F4N7O/c15-9-3-1-8(2-4-9)12(14(16,17)18)21-10(13(26)20-6-5-19)7-11-22-24-25-23-11/h1-4,10,12,21H,6-7H2,(H,20,26)(H,22,23,24,25)/t10-,12-/m0/s1. The maximum atomic E-state index is 13.5. The predicted molar refractivity (Wildman–Crippen MR) is 78.6 cm³/mol. The minimum atomic E-state index is -4.76. The Morgan fingerprint density at radius 2 is 2.00 bits per heavy atom. The summed E-state index contributed by atoms with van der Waals surface area (Å²) >= 11 is 0. The van der Waals surface area contributed by atoms with Gasteiger partial charge in [-0.05, 0) is 28.1 Å². The van der Waals surface area contributed by atoms with Crippen LogP contribution in [0.1, 0.15) is 17.4 Å². The zero-order chi connectivity index (χ0) is 19.2. The van der Waals surface area contributed by atoms with Gasteiger partial charge in [-0.2, -0.15) is 18.4 Å². The van der Waals surface area contributed by atoms with Crippen LogP contribution in [0.15, 0.2) is 24.3 Å². The number of nitrogens with one attached hydrogen (secondary N) is 3. The summed E-state index contributed by atoms with van der Waals surface area (Å²) in [5.41, 5.74) is -0.271. The molecule has 2 atom stereocenters. The highest BCUT2D eigenvalue weighted by atomic mass is 19.4. The highest BCUT2D eigenvalue weighted by Gasteiger charge is 2.43. The molecule has 1 heterocycles. The molecule has 0 radical (unpaired) electrons. The van der Waals surface area contributed by atoms with Crippen LogP contribution in [-0.2, 0) is 11.2 Å². The third-order valence-corrected chi connectivity index (χ3v) is 3.34. The quantitative estimate of drug-likeness (QED) is 0.489. The molecule has 0 bridgehead atoms. The first-order valence-corrected chi connectivity index (χ1v) is 7.26. The van der Waals surface area contributed by atoms with Crippen molar-refractivity contribution >= 4 is 5.91 Å². The Hall–Kier alpha value is -3.07. The molecule has 0 spiro atoms. The lowest BCUT2D eigenvalue weighted by atomic mass is 10.0. The molecule has 8 nitrogen and oxygen atoms in total. The van der Waals surface area contributed by atoms with Gasteiger partial charge in [0.1, 0.15) is 18.4 Å². The molecule has 2 aromatic rings. The molecule has 0 unspecified atom stereocenters. The van der Waals surface area contributed by atoms with E-state index in [1.54, 1.807) is 6.07 Å². The van der Waals surface area contributed by atoms with Crippen LogP contribution in [-0.4, -0.2) is 45.3 Å². The molecule has 0 saturated carbocycles. The van der Waals surface area contributed by atoms with Crippen LogP contribution in [0.5, 0.6) is 0 Å². The topological polar surface area (TPSA) is 119 Å². The molecule has 0 fully saturated rings. The van der Waals surface area contributed by atoms with Crippen molar-refractivity contribution < 1.29 is 22.4 Å². The van der Waals surface area contributed by atoms with Gasteiger partial charge in [-0.3, -0.25) is 10.1 Å². The van der Waals surface area contributed by atoms with Gasteiger partial charge in [-0.1, -0.05) is 12.1 Å². The number of nitrogens with zero attached hydrogens (tertiary/aromatic N) is 4. The first-order chi connectivity index (χ1) is 12.3. The number of alkyl halides is 3. The van der Waals surface area contributed by atoms with Crippen LogP contribution >= 0.6 is 0 Å². The second-order valence-corrected chi connectivity index (χ2v) is 5.17. The summed E-state index contributed by atoms with van der Waals surface area (Å²) in [5.74, 6) is -1.44. The van der Waals surface area contributed by atoms with E-state index in [9.17, 15) is 22.4 Å². The zero-order valence-corrected chi connectivity index (χ0v) is 13.1. The Labute approximate surface area is 144 Å². The van der Waals surface area contributed by atoms with Crippen molar-refractivity contribution in [1.82, 2.24) is 31.3 Å². The van der Waals surface area contributed by atoms with Crippen molar-refractivity contribution in [2.45, 2.75) is 24.7 Å². The number of carbonyl (C=O) groups excluding carboxylic acids is 1. The third kappa shape index (κ3) is 5.21. The molecular formula is C14H13F4N7O. The molecule has 1 amide bonds. The number of benzene rings is 1. The fourth-order valence-electron chi connectivity index (χ4n) is 2.17. The number of aromatic nitrogens is 4. The SMILES string of the molecule is N#CCNC(=O)[C@H](Cc1nnn[nH]1)N[C@@H](c1ccc(F)cc1)C(F)(F)F. The Balaban J connectivity index is 2.27. The lowest BCUT2D eigenvalue weighted by Gasteiger charge is -2.26. The Morgan fingerprint density at radius 3 is 2.54 bits per heavy atom. The summed E-state index contributed by atoms with van der Waals surface area (Å²) in [7, 11) is 0. The van der Waals surface area contributed by atoms with Gasteiger partial charge in [0.05, 0.1) is 12.1 Å². The molecule has 0 aliphatic carbocycles. The number of rotatable bonds is 7. The number of aromatic amines is 1. The van der Waals surface area contributed by atoms with Crippen molar-refractivity contribution in [1.29, 1.82) is 5.26 Å². The number of hydrogen-bond acceptors (Lipinski definition) is 6. The molecule has 26 heavy (non-hydrogen) atoms. The number of tetrazole rings is 1. The summed E-state index contributed by atoms with van der Waals surface area (Å²) in [4.78, 5) is 12.1. The molecule has 12 heteroatoms. The van der Waals surface area contributed by atoms with E-state index >= 15 is 0 Å². The van der Waals surface area contributed by atoms with Crippen LogP contribution < -0.4 is 10.6 Å². The molecule has 0 aliphatic heterocycles. The van der Waals surface area contributed by atoms with Crippen LogP contribution in [0.3, 0.4) is 0 Å². The minimum absolute atomic E-state index is 0.0784. The Bertz CT molecular complexity index is 755. The van der Waals surface area contributed by atoms with E-state index in [0.29, 0.717) is 0 Å².